The monoisotopic (exact) mass is 316 g/mol. The van der Waals surface area contributed by atoms with Crippen LogP contribution >= 0.6 is 0 Å². The Bertz CT molecular complexity index is 566. The number of benzene rings is 1. The van der Waals surface area contributed by atoms with E-state index in [1.165, 1.54) is 12.5 Å². The topological polar surface area (TPSA) is 58.6 Å². The highest BCUT2D eigenvalue weighted by molar-refractivity contribution is 5.90. The molecule has 2 amide bonds. The maximum Gasteiger partial charge on any atom is 0.330 e. The van der Waals surface area contributed by atoms with Crippen molar-refractivity contribution < 1.29 is 14.3 Å². The van der Waals surface area contributed by atoms with Crippen LogP contribution in [0.1, 0.15) is 32.3 Å². The highest BCUT2D eigenvalue weighted by atomic mass is 16.5. The summed E-state index contributed by atoms with van der Waals surface area (Å²) in [6, 6.07) is 7.31. The molecule has 1 atom stereocenters. The van der Waals surface area contributed by atoms with Gasteiger partial charge in [-0.2, -0.15) is 0 Å². The predicted octanol–water partition coefficient (Wildman–Crippen LogP) is 3.53. The zero-order valence-corrected chi connectivity index (χ0v) is 13.7. The van der Waals surface area contributed by atoms with Gasteiger partial charge in [0.1, 0.15) is 0 Å². The minimum absolute atomic E-state index is 0.0497. The van der Waals surface area contributed by atoms with Crippen LogP contribution in [-0.2, 0) is 9.53 Å². The molecule has 23 heavy (non-hydrogen) atoms. The molecule has 124 valence electrons. The van der Waals surface area contributed by atoms with Gasteiger partial charge in [0.05, 0.1) is 6.61 Å². The van der Waals surface area contributed by atoms with Crippen LogP contribution in [0, 0.1) is 5.92 Å². The summed E-state index contributed by atoms with van der Waals surface area (Å²) in [6.07, 6.45) is 5.33. The van der Waals surface area contributed by atoms with E-state index in [0.29, 0.717) is 12.5 Å². The maximum absolute atomic E-state index is 12.2. The summed E-state index contributed by atoms with van der Waals surface area (Å²) in [5.74, 6) is 0.203. The number of rotatable bonds is 4. The molecule has 5 nitrogen and oxygen atoms in total. The molecule has 1 aliphatic rings. The number of hydrogen-bond acceptors (Lipinski definition) is 3. The van der Waals surface area contributed by atoms with Crippen molar-refractivity contribution in [1.82, 2.24) is 4.90 Å². The van der Waals surface area contributed by atoms with E-state index < -0.39 is 0 Å². The van der Waals surface area contributed by atoms with Gasteiger partial charge in [-0.05, 0) is 49.5 Å². The van der Waals surface area contributed by atoms with Crippen molar-refractivity contribution in [2.45, 2.75) is 26.7 Å². The molecule has 1 saturated heterocycles. The number of nitrogens with zero attached hydrogens (tertiary/aromatic N) is 1. The number of amides is 2. The lowest BCUT2D eigenvalue weighted by atomic mass is 10.0. The Kier molecular flexibility index (Phi) is 6.20. The highest BCUT2D eigenvalue weighted by Crippen LogP contribution is 2.17. The van der Waals surface area contributed by atoms with Gasteiger partial charge in [-0.25, -0.2) is 9.59 Å². The molecule has 0 spiro atoms. The molecule has 5 heteroatoms. The molecule has 2 rings (SSSR count). The van der Waals surface area contributed by atoms with Crippen molar-refractivity contribution in [3.63, 3.8) is 0 Å². The second kappa shape index (κ2) is 8.36. The Hall–Kier alpha value is -2.30. The Morgan fingerprint density at radius 2 is 2.09 bits per heavy atom. The van der Waals surface area contributed by atoms with Crippen LogP contribution in [0.5, 0.6) is 0 Å². The number of urea groups is 1. The first-order chi connectivity index (χ1) is 11.1. The van der Waals surface area contributed by atoms with Crippen molar-refractivity contribution in [3.8, 4) is 0 Å². The number of piperidine rings is 1. The third kappa shape index (κ3) is 5.43. The van der Waals surface area contributed by atoms with Gasteiger partial charge >= 0.3 is 12.0 Å². The minimum Gasteiger partial charge on any atom is -0.463 e. The van der Waals surface area contributed by atoms with E-state index in [-0.39, 0.29) is 12.0 Å². The van der Waals surface area contributed by atoms with Gasteiger partial charge in [-0.3, -0.25) is 0 Å². The van der Waals surface area contributed by atoms with Crippen molar-refractivity contribution in [3.05, 3.63) is 35.9 Å². The summed E-state index contributed by atoms with van der Waals surface area (Å²) in [4.78, 5) is 25.3. The molecular formula is C18H24N2O3. The van der Waals surface area contributed by atoms with Crippen molar-refractivity contribution in [1.29, 1.82) is 0 Å². The van der Waals surface area contributed by atoms with E-state index in [2.05, 4.69) is 12.2 Å². The number of carbonyl (C=O) groups is 2. The SMILES string of the molecule is CCOC(=O)/C=C/c1ccc(NC(=O)N2CCC[C@H](C)C2)cc1. The van der Waals surface area contributed by atoms with Crippen LogP contribution in [0.4, 0.5) is 10.5 Å². The average molecular weight is 316 g/mol. The summed E-state index contributed by atoms with van der Waals surface area (Å²) >= 11 is 0. The van der Waals surface area contributed by atoms with E-state index in [1.54, 1.807) is 13.0 Å². The van der Waals surface area contributed by atoms with E-state index in [1.807, 2.05) is 29.2 Å². The number of ether oxygens (including phenoxy) is 1. The van der Waals surface area contributed by atoms with Crippen molar-refractivity contribution >= 4 is 23.8 Å². The van der Waals surface area contributed by atoms with E-state index in [9.17, 15) is 9.59 Å². The van der Waals surface area contributed by atoms with E-state index >= 15 is 0 Å². The van der Waals surface area contributed by atoms with Crippen LogP contribution in [0.25, 0.3) is 6.08 Å². The first-order valence-corrected chi connectivity index (χ1v) is 8.09. The zero-order chi connectivity index (χ0) is 16.7. The van der Waals surface area contributed by atoms with Gasteiger partial charge in [0.2, 0.25) is 0 Å². The number of hydrogen-bond donors (Lipinski definition) is 1. The summed E-state index contributed by atoms with van der Waals surface area (Å²) in [6.45, 7) is 5.93. The molecule has 1 fully saturated rings. The van der Waals surface area contributed by atoms with Crippen molar-refractivity contribution in [2.24, 2.45) is 5.92 Å². The number of likely N-dealkylation sites (tertiary alicyclic amines) is 1. The first-order valence-electron chi connectivity index (χ1n) is 8.09. The van der Waals surface area contributed by atoms with Gasteiger partial charge in [0.25, 0.3) is 0 Å². The highest BCUT2D eigenvalue weighted by Gasteiger charge is 2.20. The largest absolute Gasteiger partial charge is 0.463 e. The number of anilines is 1. The quantitative estimate of drug-likeness (QED) is 0.683. The number of nitrogens with one attached hydrogen (secondary N) is 1. The molecule has 0 aliphatic carbocycles. The molecule has 1 aromatic carbocycles. The predicted molar refractivity (Wildman–Crippen MR) is 91.1 cm³/mol. The van der Waals surface area contributed by atoms with Gasteiger partial charge in [0.15, 0.2) is 0 Å². The molecular weight excluding hydrogens is 292 g/mol. The fourth-order valence-corrected chi connectivity index (χ4v) is 2.61. The summed E-state index contributed by atoms with van der Waals surface area (Å²) in [5.41, 5.74) is 1.63. The fourth-order valence-electron chi connectivity index (χ4n) is 2.61. The Morgan fingerprint density at radius 1 is 1.35 bits per heavy atom. The van der Waals surface area contributed by atoms with Gasteiger partial charge in [-0.15, -0.1) is 0 Å². The zero-order valence-electron chi connectivity index (χ0n) is 13.7. The Morgan fingerprint density at radius 3 is 2.74 bits per heavy atom. The summed E-state index contributed by atoms with van der Waals surface area (Å²) in [7, 11) is 0. The van der Waals surface area contributed by atoms with Gasteiger partial charge < -0.3 is 15.0 Å². The molecule has 1 heterocycles. The second-order valence-corrected chi connectivity index (χ2v) is 5.83. The Labute approximate surface area is 137 Å². The van der Waals surface area contributed by atoms with Crippen molar-refractivity contribution in [2.75, 3.05) is 25.0 Å². The molecule has 1 aromatic rings. The first kappa shape index (κ1) is 17.1. The maximum atomic E-state index is 12.2. The van der Waals surface area contributed by atoms with Gasteiger partial charge in [0, 0.05) is 24.9 Å². The summed E-state index contributed by atoms with van der Waals surface area (Å²) in [5, 5.41) is 2.92. The van der Waals surface area contributed by atoms with Crippen LogP contribution in [-0.4, -0.2) is 36.6 Å². The van der Waals surface area contributed by atoms with E-state index in [0.717, 1.165) is 30.8 Å². The molecule has 0 saturated carbocycles. The van der Waals surface area contributed by atoms with Gasteiger partial charge in [-0.1, -0.05) is 19.1 Å². The van der Waals surface area contributed by atoms with Crippen LogP contribution in [0.15, 0.2) is 30.3 Å². The molecule has 1 aliphatic heterocycles. The van der Waals surface area contributed by atoms with Crippen LogP contribution in [0.3, 0.4) is 0 Å². The lowest BCUT2D eigenvalue weighted by Gasteiger charge is -2.30. The number of esters is 1. The fraction of sp³-hybridized carbons (Fsp3) is 0.444. The lowest BCUT2D eigenvalue weighted by Crippen LogP contribution is -2.41. The Balaban J connectivity index is 1.89. The average Bonchev–Trinajstić information content (AvgIpc) is 2.54. The lowest BCUT2D eigenvalue weighted by molar-refractivity contribution is -0.137. The second-order valence-electron chi connectivity index (χ2n) is 5.83. The summed E-state index contributed by atoms with van der Waals surface area (Å²) < 4.78 is 4.83. The molecule has 0 radical (unpaired) electrons. The minimum atomic E-state index is -0.357. The van der Waals surface area contributed by atoms with Crippen LogP contribution < -0.4 is 5.32 Å². The molecule has 0 bridgehead atoms. The van der Waals surface area contributed by atoms with E-state index in [4.69, 9.17) is 4.74 Å². The molecule has 0 aromatic heterocycles. The third-order valence-electron chi connectivity index (χ3n) is 3.80. The van der Waals surface area contributed by atoms with Crippen LogP contribution in [0.2, 0.25) is 0 Å². The normalized spacial score (nSPS) is 18.0. The third-order valence-corrected chi connectivity index (χ3v) is 3.80. The molecule has 1 N–H and O–H groups in total. The molecule has 0 unspecified atom stereocenters. The number of carbonyl (C=O) groups excluding carboxylic acids is 2. The standard InChI is InChI=1S/C18H24N2O3/c1-3-23-17(21)11-8-15-6-9-16(10-7-15)19-18(22)20-12-4-5-14(2)13-20/h6-11,14H,3-5,12-13H2,1-2H3,(H,19,22)/b11-8+/t14-/m0/s1. The smallest absolute Gasteiger partial charge is 0.330 e.